The van der Waals surface area contributed by atoms with Gasteiger partial charge in [0.2, 0.25) is 0 Å². The van der Waals surface area contributed by atoms with Crippen LogP contribution in [0.4, 0.5) is 0 Å². The first-order valence-electron chi connectivity index (χ1n) is 8.17. The molecule has 4 nitrogen and oxygen atoms in total. The van der Waals surface area contributed by atoms with Crippen LogP contribution < -0.4 is 10.2 Å². The van der Waals surface area contributed by atoms with Crippen molar-refractivity contribution in [2.75, 3.05) is 0 Å². The molecule has 0 fully saturated rings. The summed E-state index contributed by atoms with van der Waals surface area (Å²) < 4.78 is 6.90. The molecule has 3 aromatic carbocycles. The van der Waals surface area contributed by atoms with E-state index < -0.39 is 0 Å². The van der Waals surface area contributed by atoms with Crippen molar-refractivity contribution in [3.8, 4) is 5.75 Å². The van der Waals surface area contributed by atoms with Crippen molar-refractivity contribution < 1.29 is 9.53 Å². The molecular formula is C21H16BrClN2O2. The highest BCUT2D eigenvalue weighted by Gasteiger charge is 2.05. The fraction of sp³-hybridized carbons (Fsp3) is 0.0476. The molecule has 27 heavy (non-hydrogen) atoms. The quantitative estimate of drug-likeness (QED) is 0.407. The maximum Gasteiger partial charge on any atom is 0.271 e. The minimum atomic E-state index is -0.310. The topological polar surface area (TPSA) is 50.7 Å². The lowest BCUT2D eigenvalue weighted by Crippen LogP contribution is -2.17. The number of nitrogens with one attached hydrogen (secondary N) is 1. The third-order valence-corrected chi connectivity index (χ3v) is 4.42. The molecule has 0 atom stereocenters. The predicted octanol–water partition coefficient (Wildman–Crippen LogP) is 5.45. The molecular weight excluding hydrogens is 428 g/mol. The van der Waals surface area contributed by atoms with Crippen LogP contribution in [0.5, 0.6) is 5.75 Å². The van der Waals surface area contributed by atoms with E-state index in [9.17, 15) is 4.79 Å². The van der Waals surface area contributed by atoms with Crippen molar-refractivity contribution in [1.29, 1.82) is 0 Å². The number of hydrogen-bond donors (Lipinski definition) is 1. The van der Waals surface area contributed by atoms with Gasteiger partial charge in [-0.3, -0.25) is 4.79 Å². The molecule has 0 saturated heterocycles. The Labute approximate surface area is 171 Å². The van der Waals surface area contributed by atoms with Gasteiger partial charge in [-0.15, -0.1) is 0 Å². The average molecular weight is 444 g/mol. The number of hydrazone groups is 1. The molecule has 1 N–H and O–H groups in total. The fourth-order valence-electron chi connectivity index (χ4n) is 2.33. The summed E-state index contributed by atoms with van der Waals surface area (Å²) >= 11 is 9.27. The Morgan fingerprint density at radius 2 is 1.85 bits per heavy atom. The Hall–Kier alpha value is -2.63. The van der Waals surface area contributed by atoms with E-state index in [1.165, 1.54) is 0 Å². The molecule has 0 aromatic heterocycles. The zero-order valence-corrected chi connectivity index (χ0v) is 16.6. The minimum Gasteiger partial charge on any atom is -0.488 e. The highest BCUT2D eigenvalue weighted by atomic mass is 79.9. The number of rotatable bonds is 6. The van der Waals surface area contributed by atoms with Crippen LogP contribution in [0.25, 0.3) is 0 Å². The number of ether oxygens (including phenoxy) is 1. The number of carbonyl (C=O) groups excluding carboxylic acids is 1. The summed E-state index contributed by atoms with van der Waals surface area (Å²) in [6, 6.07) is 22.0. The van der Waals surface area contributed by atoms with Crippen molar-refractivity contribution in [2.24, 2.45) is 5.10 Å². The molecule has 3 rings (SSSR count). The number of para-hydroxylation sites is 1. The number of halogens is 2. The summed E-state index contributed by atoms with van der Waals surface area (Å²) in [7, 11) is 0. The maximum absolute atomic E-state index is 12.1. The summed E-state index contributed by atoms with van der Waals surface area (Å²) in [5.74, 6) is 0.373. The molecule has 0 saturated carbocycles. The highest BCUT2D eigenvalue weighted by molar-refractivity contribution is 9.10. The molecule has 0 radical (unpaired) electrons. The Balaban J connectivity index is 1.64. The molecule has 0 heterocycles. The van der Waals surface area contributed by atoms with Crippen LogP contribution in [0.2, 0.25) is 5.02 Å². The van der Waals surface area contributed by atoms with Crippen LogP contribution in [-0.2, 0) is 6.61 Å². The summed E-state index contributed by atoms with van der Waals surface area (Å²) in [6.45, 7) is 0.432. The molecule has 0 aliphatic rings. The largest absolute Gasteiger partial charge is 0.488 e. The first-order chi connectivity index (χ1) is 13.1. The number of amides is 1. The average Bonchev–Trinajstić information content (AvgIpc) is 2.68. The second-order valence-electron chi connectivity index (χ2n) is 5.66. The number of benzene rings is 3. The summed E-state index contributed by atoms with van der Waals surface area (Å²) in [5, 5.41) is 4.60. The van der Waals surface area contributed by atoms with E-state index in [2.05, 4.69) is 26.5 Å². The van der Waals surface area contributed by atoms with E-state index in [1.807, 2.05) is 48.5 Å². The fourth-order valence-corrected chi connectivity index (χ4v) is 2.91. The minimum absolute atomic E-state index is 0.310. The van der Waals surface area contributed by atoms with Crippen molar-refractivity contribution in [2.45, 2.75) is 6.61 Å². The standard InChI is InChI=1S/C21H16BrClN2O2/c22-18-6-3-4-15(12-18)14-27-20-7-2-1-5-17(20)13-24-25-21(26)16-8-10-19(23)11-9-16/h1-13H,14H2,(H,25,26). The van der Waals surface area contributed by atoms with Gasteiger partial charge < -0.3 is 4.74 Å². The van der Waals surface area contributed by atoms with Gasteiger partial charge in [0.1, 0.15) is 12.4 Å². The van der Waals surface area contributed by atoms with Crippen LogP contribution >= 0.6 is 27.5 Å². The Bertz CT molecular complexity index is 958. The summed E-state index contributed by atoms with van der Waals surface area (Å²) in [4.78, 5) is 12.1. The van der Waals surface area contributed by atoms with Gasteiger partial charge >= 0.3 is 0 Å². The first-order valence-corrected chi connectivity index (χ1v) is 9.34. The van der Waals surface area contributed by atoms with Gasteiger partial charge in [-0.05, 0) is 54.1 Å². The van der Waals surface area contributed by atoms with Crippen molar-refractivity contribution in [3.05, 3.63) is 99.0 Å². The first kappa shape index (κ1) is 19.1. The van der Waals surface area contributed by atoms with Gasteiger partial charge in [-0.2, -0.15) is 5.10 Å². The second kappa shape index (κ2) is 9.35. The molecule has 1 amide bonds. The third-order valence-electron chi connectivity index (χ3n) is 3.68. The lowest BCUT2D eigenvalue weighted by molar-refractivity contribution is 0.0955. The van der Waals surface area contributed by atoms with Gasteiger partial charge in [0.15, 0.2) is 0 Å². The predicted molar refractivity (Wildman–Crippen MR) is 111 cm³/mol. The van der Waals surface area contributed by atoms with E-state index >= 15 is 0 Å². The lowest BCUT2D eigenvalue weighted by Gasteiger charge is -2.09. The molecule has 0 aliphatic heterocycles. The van der Waals surface area contributed by atoms with Crippen LogP contribution in [-0.4, -0.2) is 12.1 Å². The Kier molecular flexibility index (Phi) is 6.63. The Morgan fingerprint density at radius 1 is 1.07 bits per heavy atom. The maximum atomic E-state index is 12.1. The number of hydrogen-bond acceptors (Lipinski definition) is 3. The molecule has 0 bridgehead atoms. The van der Waals surface area contributed by atoms with E-state index in [0.29, 0.717) is 22.9 Å². The van der Waals surface area contributed by atoms with Crippen molar-refractivity contribution in [3.63, 3.8) is 0 Å². The van der Waals surface area contributed by atoms with Crippen molar-refractivity contribution >= 4 is 39.7 Å². The molecule has 136 valence electrons. The number of carbonyl (C=O) groups is 1. The highest BCUT2D eigenvalue weighted by Crippen LogP contribution is 2.19. The molecule has 0 spiro atoms. The molecule has 0 aliphatic carbocycles. The molecule has 3 aromatic rings. The smallest absolute Gasteiger partial charge is 0.271 e. The zero-order valence-electron chi connectivity index (χ0n) is 14.2. The number of nitrogens with zero attached hydrogens (tertiary/aromatic N) is 1. The SMILES string of the molecule is O=C(NN=Cc1ccccc1OCc1cccc(Br)c1)c1ccc(Cl)cc1. The van der Waals surface area contributed by atoms with Gasteiger partial charge in [-0.25, -0.2) is 5.43 Å². The van der Waals surface area contributed by atoms with E-state index in [0.717, 1.165) is 15.6 Å². The second-order valence-corrected chi connectivity index (χ2v) is 7.01. The van der Waals surface area contributed by atoms with E-state index in [1.54, 1.807) is 30.5 Å². The normalized spacial score (nSPS) is 10.7. The summed E-state index contributed by atoms with van der Waals surface area (Å²) in [6.07, 6.45) is 1.56. The van der Waals surface area contributed by atoms with Gasteiger partial charge in [0.05, 0.1) is 6.21 Å². The zero-order chi connectivity index (χ0) is 19.1. The molecule has 6 heteroatoms. The monoisotopic (exact) mass is 442 g/mol. The van der Waals surface area contributed by atoms with Gasteiger partial charge in [0, 0.05) is 20.6 Å². The van der Waals surface area contributed by atoms with Gasteiger partial charge in [-0.1, -0.05) is 51.8 Å². The van der Waals surface area contributed by atoms with E-state index in [4.69, 9.17) is 16.3 Å². The Morgan fingerprint density at radius 3 is 2.63 bits per heavy atom. The van der Waals surface area contributed by atoms with Crippen molar-refractivity contribution in [1.82, 2.24) is 5.43 Å². The van der Waals surface area contributed by atoms with Crippen LogP contribution in [0, 0.1) is 0 Å². The van der Waals surface area contributed by atoms with Crippen LogP contribution in [0.1, 0.15) is 21.5 Å². The third kappa shape index (κ3) is 5.67. The van der Waals surface area contributed by atoms with Gasteiger partial charge in [0.25, 0.3) is 5.91 Å². The van der Waals surface area contributed by atoms with Crippen LogP contribution in [0.3, 0.4) is 0 Å². The lowest BCUT2D eigenvalue weighted by atomic mass is 10.2. The molecule has 0 unspecified atom stereocenters. The van der Waals surface area contributed by atoms with Crippen LogP contribution in [0.15, 0.2) is 82.4 Å². The van der Waals surface area contributed by atoms with E-state index in [-0.39, 0.29) is 5.91 Å². The summed E-state index contributed by atoms with van der Waals surface area (Å²) in [5.41, 5.74) is 4.80.